The average molecular weight is 455 g/mol. The van der Waals surface area contributed by atoms with Gasteiger partial charge in [-0.15, -0.1) is 0 Å². The molecule has 0 atom stereocenters. The van der Waals surface area contributed by atoms with Gasteiger partial charge in [-0.25, -0.2) is 0 Å². The zero-order valence-corrected chi connectivity index (χ0v) is 22.0. The SMILES string of the molecule is CCCCCCCCCCCOC(=O)C(CC)(CC)C(=O)OCCCCCCCCCC. The molecule has 0 aromatic carbocycles. The van der Waals surface area contributed by atoms with E-state index in [4.69, 9.17) is 9.47 Å². The van der Waals surface area contributed by atoms with Crippen LogP contribution in [0.25, 0.3) is 0 Å². The number of hydrogen-bond donors (Lipinski definition) is 0. The Morgan fingerprint density at radius 1 is 0.469 bits per heavy atom. The molecule has 0 aromatic heterocycles. The van der Waals surface area contributed by atoms with Crippen LogP contribution in [0.1, 0.15) is 150 Å². The predicted molar refractivity (Wildman–Crippen MR) is 135 cm³/mol. The molecule has 0 fully saturated rings. The molecule has 0 radical (unpaired) electrons. The fourth-order valence-corrected chi connectivity index (χ4v) is 4.17. The summed E-state index contributed by atoms with van der Waals surface area (Å²) in [5.41, 5.74) is -1.14. The van der Waals surface area contributed by atoms with Gasteiger partial charge in [0.1, 0.15) is 0 Å². The summed E-state index contributed by atoms with van der Waals surface area (Å²) in [5, 5.41) is 0. The Morgan fingerprint density at radius 3 is 1.03 bits per heavy atom. The van der Waals surface area contributed by atoms with Crippen molar-refractivity contribution in [3.05, 3.63) is 0 Å². The second kappa shape index (κ2) is 21.8. The third-order valence-corrected chi connectivity index (χ3v) is 6.70. The van der Waals surface area contributed by atoms with Gasteiger partial charge >= 0.3 is 11.9 Å². The van der Waals surface area contributed by atoms with Crippen LogP contribution in [-0.2, 0) is 19.1 Å². The number of rotatable bonds is 23. The average Bonchev–Trinajstić information content (AvgIpc) is 2.80. The Bertz CT molecular complexity index is 443. The van der Waals surface area contributed by atoms with Gasteiger partial charge in [-0.1, -0.05) is 124 Å². The van der Waals surface area contributed by atoms with Crippen molar-refractivity contribution < 1.29 is 19.1 Å². The van der Waals surface area contributed by atoms with Crippen molar-refractivity contribution in [3.63, 3.8) is 0 Å². The predicted octanol–water partition coefficient (Wildman–Crippen LogP) is 8.55. The Morgan fingerprint density at radius 2 is 0.750 bits per heavy atom. The van der Waals surface area contributed by atoms with Crippen molar-refractivity contribution in [2.24, 2.45) is 5.41 Å². The lowest BCUT2D eigenvalue weighted by molar-refractivity contribution is -0.173. The van der Waals surface area contributed by atoms with Crippen LogP contribution in [0.15, 0.2) is 0 Å². The van der Waals surface area contributed by atoms with Crippen molar-refractivity contribution >= 4 is 11.9 Å². The lowest BCUT2D eigenvalue weighted by atomic mass is 9.82. The Balaban J connectivity index is 4.04. The summed E-state index contributed by atoms with van der Waals surface area (Å²) in [7, 11) is 0. The van der Waals surface area contributed by atoms with Crippen LogP contribution in [-0.4, -0.2) is 25.2 Å². The third kappa shape index (κ3) is 14.2. The maximum atomic E-state index is 12.7. The van der Waals surface area contributed by atoms with Gasteiger partial charge in [0, 0.05) is 0 Å². The minimum atomic E-state index is -1.14. The van der Waals surface area contributed by atoms with E-state index in [-0.39, 0.29) is 0 Å². The topological polar surface area (TPSA) is 52.6 Å². The van der Waals surface area contributed by atoms with Gasteiger partial charge in [-0.05, 0) is 25.7 Å². The van der Waals surface area contributed by atoms with Gasteiger partial charge in [0.25, 0.3) is 0 Å². The molecule has 0 spiro atoms. The van der Waals surface area contributed by atoms with Crippen LogP contribution < -0.4 is 0 Å². The van der Waals surface area contributed by atoms with Crippen LogP contribution in [0.3, 0.4) is 0 Å². The molecule has 0 aliphatic carbocycles. The minimum Gasteiger partial charge on any atom is -0.465 e. The Kier molecular flexibility index (Phi) is 21.0. The van der Waals surface area contributed by atoms with Crippen molar-refractivity contribution in [3.8, 4) is 0 Å². The Labute approximate surface area is 199 Å². The van der Waals surface area contributed by atoms with Crippen LogP contribution >= 0.6 is 0 Å². The number of unbranched alkanes of at least 4 members (excludes halogenated alkanes) is 15. The first-order chi connectivity index (χ1) is 15.6. The standard InChI is InChI=1S/C28H54O4/c1-5-9-11-13-15-17-19-21-23-25-32-27(30)28(7-3,8-4)26(29)31-24-22-20-18-16-14-12-10-6-2/h5-25H2,1-4H3. The van der Waals surface area contributed by atoms with Crippen LogP contribution in [0, 0.1) is 5.41 Å². The molecule has 0 unspecified atom stereocenters. The Hall–Kier alpha value is -1.06. The van der Waals surface area contributed by atoms with E-state index in [0.29, 0.717) is 26.1 Å². The highest BCUT2D eigenvalue weighted by Crippen LogP contribution is 2.30. The lowest BCUT2D eigenvalue weighted by Crippen LogP contribution is -2.41. The quantitative estimate of drug-likeness (QED) is 0.0881. The molecule has 0 saturated carbocycles. The van der Waals surface area contributed by atoms with Crippen LogP contribution in [0.5, 0.6) is 0 Å². The molecule has 32 heavy (non-hydrogen) atoms. The summed E-state index contributed by atoms with van der Waals surface area (Å²) < 4.78 is 11.0. The minimum absolute atomic E-state index is 0.400. The van der Waals surface area contributed by atoms with E-state index in [1.54, 1.807) is 0 Å². The summed E-state index contributed by atoms with van der Waals surface area (Å²) in [6.45, 7) is 9.03. The number of hydrogen-bond acceptors (Lipinski definition) is 4. The van der Waals surface area contributed by atoms with E-state index in [9.17, 15) is 9.59 Å². The van der Waals surface area contributed by atoms with Gasteiger partial charge in [0.2, 0.25) is 0 Å². The molecule has 4 heteroatoms. The number of esters is 2. The second-order valence-corrected chi connectivity index (χ2v) is 9.36. The summed E-state index contributed by atoms with van der Waals surface area (Å²) in [6, 6.07) is 0. The molecule has 0 amide bonds. The molecule has 0 aromatic rings. The molecule has 0 aliphatic heterocycles. The highest BCUT2D eigenvalue weighted by atomic mass is 16.6. The summed E-state index contributed by atoms with van der Waals surface area (Å²) in [4.78, 5) is 25.5. The zero-order chi connectivity index (χ0) is 23.9. The molecule has 0 N–H and O–H groups in total. The molecular formula is C28H54O4. The first kappa shape index (κ1) is 30.9. The van der Waals surface area contributed by atoms with Crippen molar-refractivity contribution in [1.29, 1.82) is 0 Å². The van der Waals surface area contributed by atoms with E-state index in [2.05, 4.69) is 13.8 Å². The lowest BCUT2D eigenvalue weighted by Gasteiger charge is -2.27. The largest absolute Gasteiger partial charge is 0.465 e. The van der Waals surface area contributed by atoms with Gasteiger partial charge in [-0.2, -0.15) is 0 Å². The van der Waals surface area contributed by atoms with Crippen molar-refractivity contribution in [1.82, 2.24) is 0 Å². The zero-order valence-electron chi connectivity index (χ0n) is 22.0. The van der Waals surface area contributed by atoms with E-state index in [0.717, 1.165) is 25.7 Å². The summed E-state index contributed by atoms with van der Waals surface area (Å²) in [6.07, 6.45) is 21.5. The summed E-state index contributed by atoms with van der Waals surface area (Å²) in [5.74, 6) is -0.800. The molecular weight excluding hydrogens is 400 g/mol. The maximum absolute atomic E-state index is 12.7. The third-order valence-electron chi connectivity index (χ3n) is 6.70. The first-order valence-electron chi connectivity index (χ1n) is 13.9. The molecule has 0 saturated heterocycles. The monoisotopic (exact) mass is 454 g/mol. The number of ether oxygens (including phenoxy) is 2. The molecule has 4 nitrogen and oxygen atoms in total. The number of carbonyl (C=O) groups is 2. The molecule has 0 heterocycles. The second-order valence-electron chi connectivity index (χ2n) is 9.36. The smallest absolute Gasteiger partial charge is 0.323 e. The number of carbonyl (C=O) groups excluding carboxylic acids is 2. The summed E-state index contributed by atoms with van der Waals surface area (Å²) >= 11 is 0. The fraction of sp³-hybridized carbons (Fsp3) is 0.929. The molecule has 0 rings (SSSR count). The van der Waals surface area contributed by atoms with Crippen LogP contribution in [0.4, 0.5) is 0 Å². The van der Waals surface area contributed by atoms with E-state index >= 15 is 0 Å². The van der Waals surface area contributed by atoms with Gasteiger partial charge in [0.15, 0.2) is 5.41 Å². The van der Waals surface area contributed by atoms with Crippen molar-refractivity contribution in [2.75, 3.05) is 13.2 Å². The van der Waals surface area contributed by atoms with Gasteiger partial charge in [0.05, 0.1) is 13.2 Å². The van der Waals surface area contributed by atoms with E-state index < -0.39 is 17.4 Å². The van der Waals surface area contributed by atoms with Gasteiger partial charge in [-0.3, -0.25) is 9.59 Å². The van der Waals surface area contributed by atoms with E-state index in [1.807, 2.05) is 13.8 Å². The van der Waals surface area contributed by atoms with Gasteiger partial charge < -0.3 is 9.47 Å². The highest BCUT2D eigenvalue weighted by Gasteiger charge is 2.45. The van der Waals surface area contributed by atoms with Crippen LogP contribution in [0.2, 0.25) is 0 Å². The fourth-order valence-electron chi connectivity index (χ4n) is 4.17. The molecule has 0 aliphatic rings. The highest BCUT2D eigenvalue weighted by molar-refractivity contribution is 5.99. The normalized spacial score (nSPS) is 11.5. The van der Waals surface area contributed by atoms with Crippen molar-refractivity contribution in [2.45, 2.75) is 150 Å². The maximum Gasteiger partial charge on any atom is 0.323 e. The molecule has 190 valence electrons. The van der Waals surface area contributed by atoms with E-state index in [1.165, 1.54) is 83.5 Å². The molecule has 0 bridgehead atoms. The first-order valence-corrected chi connectivity index (χ1v) is 13.9.